The highest BCUT2D eigenvalue weighted by Gasteiger charge is 2.15. The Morgan fingerprint density at radius 1 is 1.22 bits per heavy atom. The van der Waals surface area contributed by atoms with Gasteiger partial charge in [0.15, 0.2) is 10.8 Å². The van der Waals surface area contributed by atoms with Gasteiger partial charge in [0.2, 0.25) is 0 Å². The average Bonchev–Trinajstić information content (AvgIpc) is 3.32. The number of aryl methyl sites for hydroxylation is 1. The summed E-state index contributed by atoms with van der Waals surface area (Å²) in [7, 11) is 1.37. The Morgan fingerprint density at radius 2 is 2.07 bits per heavy atom. The minimum absolute atomic E-state index is 0.398. The van der Waals surface area contributed by atoms with Gasteiger partial charge in [-0.1, -0.05) is 30.0 Å². The summed E-state index contributed by atoms with van der Waals surface area (Å²) in [5.74, 6) is 0.206. The molecule has 0 atom stereocenters. The van der Waals surface area contributed by atoms with E-state index in [-0.39, 0.29) is 0 Å². The number of hydrogen-bond donors (Lipinski definition) is 0. The van der Waals surface area contributed by atoms with E-state index in [1.807, 2.05) is 39.6 Å². The minimum Gasteiger partial charge on any atom is -0.465 e. The lowest BCUT2D eigenvalue weighted by Crippen LogP contribution is -2.03. The first-order valence-corrected chi connectivity index (χ1v) is 9.29. The first-order valence-electron chi connectivity index (χ1n) is 8.31. The molecule has 0 aliphatic heterocycles. The average molecular weight is 379 g/mol. The van der Waals surface area contributed by atoms with E-state index < -0.39 is 5.97 Å². The zero-order valence-corrected chi connectivity index (χ0v) is 15.7. The highest BCUT2D eigenvalue weighted by Crippen LogP contribution is 2.25. The van der Waals surface area contributed by atoms with Gasteiger partial charge in [0.1, 0.15) is 11.9 Å². The van der Waals surface area contributed by atoms with Gasteiger partial charge in [0, 0.05) is 18.1 Å². The van der Waals surface area contributed by atoms with E-state index in [1.54, 1.807) is 30.2 Å². The number of rotatable bonds is 5. The van der Waals surface area contributed by atoms with Crippen LogP contribution in [0.3, 0.4) is 0 Å². The van der Waals surface area contributed by atoms with Crippen LogP contribution in [0.1, 0.15) is 21.6 Å². The van der Waals surface area contributed by atoms with Gasteiger partial charge in [-0.05, 0) is 30.7 Å². The Hall–Kier alpha value is -3.13. The Labute approximate surface area is 160 Å². The van der Waals surface area contributed by atoms with Crippen LogP contribution in [-0.4, -0.2) is 37.2 Å². The fourth-order valence-electron chi connectivity index (χ4n) is 2.86. The first kappa shape index (κ1) is 17.3. The summed E-state index contributed by atoms with van der Waals surface area (Å²) < 4.78 is 8.62. The molecule has 0 saturated heterocycles. The fourth-order valence-corrected chi connectivity index (χ4v) is 3.67. The normalized spacial score (nSPS) is 11.0. The third kappa shape index (κ3) is 3.31. The van der Waals surface area contributed by atoms with Crippen LogP contribution in [0.25, 0.3) is 11.3 Å². The Kier molecular flexibility index (Phi) is 4.64. The number of para-hydroxylation sites is 1. The summed E-state index contributed by atoms with van der Waals surface area (Å²) in [5.41, 5.74) is 4.07. The predicted molar refractivity (Wildman–Crippen MR) is 102 cm³/mol. The van der Waals surface area contributed by atoms with Gasteiger partial charge in [-0.2, -0.15) is 0 Å². The van der Waals surface area contributed by atoms with Crippen molar-refractivity contribution in [2.45, 2.75) is 17.8 Å². The molecule has 0 aliphatic carbocycles. The monoisotopic (exact) mass is 379 g/mol. The molecule has 8 heteroatoms. The third-order valence-electron chi connectivity index (χ3n) is 4.18. The second kappa shape index (κ2) is 7.24. The summed E-state index contributed by atoms with van der Waals surface area (Å²) in [6.45, 7) is 2.06. The summed E-state index contributed by atoms with van der Waals surface area (Å²) in [4.78, 5) is 16.5. The molecule has 0 radical (unpaired) electrons. The van der Waals surface area contributed by atoms with Crippen molar-refractivity contribution in [3.05, 3.63) is 71.9 Å². The highest BCUT2D eigenvalue weighted by molar-refractivity contribution is 7.98. The maximum Gasteiger partial charge on any atom is 0.341 e. The molecule has 0 fully saturated rings. The standard InChI is InChI=1S/C19H17N5O2S/c1-13-6-3-4-8-16(13)24-12-20-22-19(24)27-11-14-10-23-9-5-7-15(17(23)21-14)18(25)26-2/h3-10,12H,11H2,1-2H3. The molecule has 0 N–H and O–H groups in total. The van der Waals surface area contributed by atoms with Crippen molar-refractivity contribution >= 4 is 23.4 Å². The van der Waals surface area contributed by atoms with Crippen LogP contribution in [0.2, 0.25) is 0 Å². The van der Waals surface area contributed by atoms with Crippen molar-refractivity contribution in [2.24, 2.45) is 0 Å². The van der Waals surface area contributed by atoms with Crippen molar-refractivity contribution in [2.75, 3.05) is 7.11 Å². The molecule has 1 aromatic carbocycles. The molecule has 7 nitrogen and oxygen atoms in total. The number of thioether (sulfide) groups is 1. The zero-order chi connectivity index (χ0) is 18.8. The zero-order valence-electron chi connectivity index (χ0n) is 14.9. The molecule has 0 spiro atoms. The van der Waals surface area contributed by atoms with Crippen molar-refractivity contribution in [3.8, 4) is 5.69 Å². The number of carbonyl (C=O) groups is 1. The molecule has 4 aromatic rings. The summed E-state index contributed by atoms with van der Waals surface area (Å²) >= 11 is 1.54. The van der Waals surface area contributed by atoms with Crippen LogP contribution >= 0.6 is 11.8 Å². The number of methoxy groups -OCH3 is 1. The molecular weight excluding hydrogens is 362 g/mol. The van der Waals surface area contributed by atoms with Crippen LogP contribution < -0.4 is 0 Å². The van der Waals surface area contributed by atoms with Gasteiger partial charge >= 0.3 is 5.97 Å². The molecule has 136 valence electrons. The molecular formula is C19H17N5O2S. The van der Waals surface area contributed by atoms with Crippen LogP contribution in [0.4, 0.5) is 0 Å². The van der Waals surface area contributed by atoms with Crippen molar-refractivity contribution in [3.63, 3.8) is 0 Å². The topological polar surface area (TPSA) is 74.3 Å². The van der Waals surface area contributed by atoms with E-state index in [0.717, 1.165) is 22.1 Å². The molecule has 0 amide bonds. The van der Waals surface area contributed by atoms with Crippen molar-refractivity contribution in [1.82, 2.24) is 24.1 Å². The Balaban J connectivity index is 1.60. The number of fused-ring (bicyclic) bond motifs is 1. The minimum atomic E-state index is -0.398. The largest absolute Gasteiger partial charge is 0.465 e. The fraction of sp³-hybridized carbons (Fsp3) is 0.158. The lowest BCUT2D eigenvalue weighted by atomic mass is 10.2. The molecule has 0 aliphatic rings. The van der Waals surface area contributed by atoms with Gasteiger partial charge in [0.05, 0.1) is 18.5 Å². The molecule has 0 unspecified atom stereocenters. The van der Waals surface area contributed by atoms with Gasteiger partial charge in [-0.3, -0.25) is 4.57 Å². The number of hydrogen-bond acceptors (Lipinski definition) is 6. The van der Waals surface area contributed by atoms with Gasteiger partial charge in [0.25, 0.3) is 0 Å². The summed E-state index contributed by atoms with van der Waals surface area (Å²) in [5, 5.41) is 9.06. The van der Waals surface area contributed by atoms with Gasteiger partial charge < -0.3 is 9.14 Å². The Morgan fingerprint density at radius 3 is 2.89 bits per heavy atom. The SMILES string of the molecule is COC(=O)c1cccn2cc(CSc3nncn3-c3ccccc3C)nc12. The molecule has 0 bridgehead atoms. The number of nitrogens with zero attached hydrogens (tertiary/aromatic N) is 5. The summed E-state index contributed by atoms with van der Waals surface area (Å²) in [6, 6.07) is 11.6. The number of benzene rings is 1. The maximum atomic E-state index is 11.9. The van der Waals surface area contributed by atoms with Crippen LogP contribution in [-0.2, 0) is 10.5 Å². The maximum absolute atomic E-state index is 11.9. The van der Waals surface area contributed by atoms with E-state index in [9.17, 15) is 4.79 Å². The van der Waals surface area contributed by atoms with E-state index >= 15 is 0 Å². The van der Waals surface area contributed by atoms with Crippen LogP contribution in [0, 0.1) is 6.92 Å². The van der Waals surface area contributed by atoms with Gasteiger partial charge in [-0.25, -0.2) is 9.78 Å². The third-order valence-corrected chi connectivity index (χ3v) is 5.16. The van der Waals surface area contributed by atoms with E-state index in [1.165, 1.54) is 7.11 Å². The summed E-state index contributed by atoms with van der Waals surface area (Å²) in [6.07, 6.45) is 5.48. The van der Waals surface area contributed by atoms with E-state index in [0.29, 0.717) is 17.0 Å². The van der Waals surface area contributed by atoms with Crippen LogP contribution in [0.15, 0.2) is 60.3 Å². The number of carbonyl (C=O) groups excluding carboxylic acids is 1. The smallest absolute Gasteiger partial charge is 0.341 e. The lowest BCUT2D eigenvalue weighted by Gasteiger charge is -2.08. The van der Waals surface area contributed by atoms with E-state index in [4.69, 9.17) is 4.74 Å². The molecule has 4 rings (SSSR count). The lowest BCUT2D eigenvalue weighted by molar-refractivity contribution is 0.0602. The van der Waals surface area contributed by atoms with Gasteiger partial charge in [-0.15, -0.1) is 10.2 Å². The quantitative estimate of drug-likeness (QED) is 0.391. The number of ether oxygens (including phenoxy) is 1. The number of aromatic nitrogens is 5. The first-order chi connectivity index (χ1) is 13.2. The Bertz CT molecular complexity index is 1120. The van der Waals surface area contributed by atoms with Crippen molar-refractivity contribution in [1.29, 1.82) is 0 Å². The highest BCUT2D eigenvalue weighted by atomic mass is 32.2. The molecule has 27 heavy (non-hydrogen) atoms. The van der Waals surface area contributed by atoms with Crippen molar-refractivity contribution < 1.29 is 9.53 Å². The molecule has 3 heterocycles. The van der Waals surface area contributed by atoms with Crippen LogP contribution in [0.5, 0.6) is 0 Å². The second-order valence-corrected chi connectivity index (χ2v) is 6.88. The number of esters is 1. The molecule has 3 aromatic heterocycles. The number of imidazole rings is 1. The number of pyridine rings is 1. The predicted octanol–water partition coefficient (Wildman–Crippen LogP) is 3.30. The van der Waals surface area contributed by atoms with E-state index in [2.05, 4.69) is 28.2 Å². The molecule has 0 saturated carbocycles. The second-order valence-electron chi connectivity index (χ2n) is 5.94.